The van der Waals surface area contributed by atoms with Crippen LogP contribution in [0.2, 0.25) is 0 Å². The van der Waals surface area contributed by atoms with Gasteiger partial charge < -0.3 is 14.8 Å². The fourth-order valence-corrected chi connectivity index (χ4v) is 2.71. The highest BCUT2D eigenvalue weighted by atomic mass is 19.1. The van der Waals surface area contributed by atoms with Crippen molar-refractivity contribution in [1.82, 2.24) is 5.32 Å². The van der Waals surface area contributed by atoms with Gasteiger partial charge in [-0.1, -0.05) is 13.8 Å². The van der Waals surface area contributed by atoms with Crippen molar-refractivity contribution in [2.24, 2.45) is 5.41 Å². The van der Waals surface area contributed by atoms with Crippen molar-refractivity contribution in [2.75, 3.05) is 0 Å². The van der Waals surface area contributed by atoms with Crippen LogP contribution in [0.4, 0.5) is 4.39 Å². The van der Waals surface area contributed by atoms with Crippen LogP contribution in [-0.2, 0) is 6.54 Å². The summed E-state index contributed by atoms with van der Waals surface area (Å²) in [4.78, 5) is 0. The summed E-state index contributed by atoms with van der Waals surface area (Å²) < 4.78 is 18.7. The molecule has 1 aliphatic carbocycles. The summed E-state index contributed by atoms with van der Waals surface area (Å²) in [6.45, 7) is 4.75. The molecule has 1 saturated carbocycles. The molecule has 3 rings (SSSR count). The molecule has 0 saturated heterocycles. The van der Waals surface area contributed by atoms with Gasteiger partial charge in [0.1, 0.15) is 17.3 Å². The molecule has 0 bridgehead atoms. The van der Waals surface area contributed by atoms with Gasteiger partial charge >= 0.3 is 0 Å². The number of hydrogen-bond donors (Lipinski definition) is 2. The molecule has 4 heteroatoms. The van der Waals surface area contributed by atoms with E-state index >= 15 is 0 Å². The van der Waals surface area contributed by atoms with Crippen molar-refractivity contribution in [3.8, 4) is 11.3 Å². The molecule has 2 atom stereocenters. The van der Waals surface area contributed by atoms with Gasteiger partial charge in [0.05, 0.1) is 12.6 Å². The van der Waals surface area contributed by atoms with Gasteiger partial charge in [0.2, 0.25) is 0 Å². The summed E-state index contributed by atoms with van der Waals surface area (Å²) in [6.07, 6.45) is 0.541. The Morgan fingerprint density at radius 2 is 1.95 bits per heavy atom. The summed E-state index contributed by atoms with van der Waals surface area (Å²) in [6, 6.07) is 10.4. The zero-order valence-corrected chi connectivity index (χ0v) is 12.3. The summed E-state index contributed by atoms with van der Waals surface area (Å²) in [5, 5.41) is 13.1. The van der Waals surface area contributed by atoms with Crippen LogP contribution in [0.25, 0.3) is 11.3 Å². The van der Waals surface area contributed by atoms with E-state index in [0.29, 0.717) is 12.6 Å². The predicted octanol–water partition coefficient (Wildman–Crippen LogP) is 3.33. The average Bonchev–Trinajstić information content (AvgIpc) is 2.93. The van der Waals surface area contributed by atoms with Gasteiger partial charge in [-0.25, -0.2) is 4.39 Å². The first-order chi connectivity index (χ1) is 9.96. The maximum absolute atomic E-state index is 12.9. The topological polar surface area (TPSA) is 45.4 Å². The fourth-order valence-electron chi connectivity index (χ4n) is 2.71. The minimum atomic E-state index is -0.252. The molecule has 2 aromatic rings. The first-order valence-corrected chi connectivity index (χ1v) is 7.23. The van der Waals surface area contributed by atoms with Crippen molar-refractivity contribution < 1.29 is 13.9 Å². The predicted molar refractivity (Wildman–Crippen MR) is 79.1 cm³/mol. The number of aliphatic hydroxyl groups is 1. The zero-order valence-electron chi connectivity index (χ0n) is 12.3. The molecule has 112 valence electrons. The van der Waals surface area contributed by atoms with Crippen LogP contribution in [0.3, 0.4) is 0 Å². The lowest BCUT2D eigenvalue weighted by atomic mass is 9.64. The van der Waals surface area contributed by atoms with Crippen LogP contribution >= 0.6 is 0 Å². The van der Waals surface area contributed by atoms with Crippen LogP contribution < -0.4 is 5.32 Å². The number of rotatable bonds is 4. The summed E-state index contributed by atoms with van der Waals surface area (Å²) >= 11 is 0. The van der Waals surface area contributed by atoms with E-state index < -0.39 is 0 Å². The molecular weight excluding hydrogens is 269 g/mol. The van der Waals surface area contributed by atoms with Gasteiger partial charge in [-0.15, -0.1) is 0 Å². The van der Waals surface area contributed by atoms with E-state index in [1.165, 1.54) is 12.1 Å². The Balaban J connectivity index is 1.62. The zero-order chi connectivity index (χ0) is 15.0. The molecule has 2 unspecified atom stereocenters. The Labute approximate surface area is 123 Å². The van der Waals surface area contributed by atoms with E-state index in [2.05, 4.69) is 19.2 Å². The lowest BCUT2D eigenvalue weighted by Gasteiger charge is -2.49. The molecule has 0 amide bonds. The summed E-state index contributed by atoms with van der Waals surface area (Å²) in [5.74, 6) is 1.32. The van der Waals surface area contributed by atoms with E-state index in [-0.39, 0.29) is 17.3 Å². The molecule has 0 aliphatic heterocycles. The minimum absolute atomic E-state index is 0.0909. The van der Waals surface area contributed by atoms with Crippen LogP contribution in [-0.4, -0.2) is 17.3 Å². The average molecular weight is 289 g/mol. The Bertz CT molecular complexity index is 618. The number of aliphatic hydroxyl groups excluding tert-OH is 1. The number of furan rings is 1. The third-order valence-electron chi connectivity index (χ3n) is 4.53. The third kappa shape index (κ3) is 2.74. The molecule has 1 aliphatic rings. The van der Waals surface area contributed by atoms with Gasteiger partial charge in [0.15, 0.2) is 0 Å². The fraction of sp³-hybridized carbons (Fsp3) is 0.412. The first kappa shape index (κ1) is 14.3. The SMILES string of the molecule is CC1(C)C(O)CC1NCc1ccc(-c2ccc(F)cc2)o1. The molecular formula is C17H20FNO2. The van der Waals surface area contributed by atoms with Crippen LogP contribution in [0, 0.1) is 11.2 Å². The number of nitrogens with one attached hydrogen (secondary N) is 1. The van der Waals surface area contributed by atoms with E-state index in [1.807, 2.05) is 12.1 Å². The van der Waals surface area contributed by atoms with Crippen molar-refractivity contribution in [3.05, 3.63) is 48.0 Å². The molecule has 1 aromatic heterocycles. The van der Waals surface area contributed by atoms with E-state index in [1.54, 1.807) is 12.1 Å². The standard InChI is InChI=1S/C17H20FNO2/c1-17(2)15(9-16(17)20)19-10-13-7-8-14(21-13)11-3-5-12(18)6-4-11/h3-8,15-16,19-20H,9-10H2,1-2H3. The molecule has 3 nitrogen and oxygen atoms in total. The van der Waals surface area contributed by atoms with Gasteiger partial charge in [-0.2, -0.15) is 0 Å². The summed E-state index contributed by atoms with van der Waals surface area (Å²) in [5.41, 5.74) is 0.772. The number of halogens is 1. The highest BCUT2D eigenvalue weighted by Gasteiger charge is 2.46. The molecule has 0 radical (unpaired) electrons. The Morgan fingerprint density at radius 1 is 1.24 bits per heavy atom. The van der Waals surface area contributed by atoms with Crippen LogP contribution in [0.1, 0.15) is 26.0 Å². The van der Waals surface area contributed by atoms with Crippen molar-refractivity contribution in [3.63, 3.8) is 0 Å². The molecule has 1 aromatic carbocycles. The van der Waals surface area contributed by atoms with Gasteiger partial charge in [0, 0.05) is 17.0 Å². The number of hydrogen-bond acceptors (Lipinski definition) is 3. The first-order valence-electron chi connectivity index (χ1n) is 7.23. The highest BCUT2D eigenvalue weighted by Crippen LogP contribution is 2.40. The molecule has 2 N–H and O–H groups in total. The molecule has 1 heterocycles. The van der Waals surface area contributed by atoms with Crippen molar-refractivity contribution in [2.45, 2.75) is 39.0 Å². The minimum Gasteiger partial charge on any atom is -0.460 e. The second-order valence-corrected chi connectivity index (χ2v) is 6.28. The largest absolute Gasteiger partial charge is 0.460 e. The van der Waals surface area contributed by atoms with Crippen molar-refractivity contribution in [1.29, 1.82) is 0 Å². The quantitative estimate of drug-likeness (QED) is 0.907. The van der Waals surface area contributed by atoms with Gasteiger partial charge in [-0.05, 0) is 42.8 Å². The summed E-state index contributed by atoms with van der Waals surface area (Å²) in [7, 11) is 0. The van der Waals surface area contributed by atoms with Crippen molar-refractivity contribution >= 4 is 0 Å². The lowest BCUT2D eigenvalue weighted by molar-refractivity contribution is -0.0733. The second kappa shape index (κ2) is 5.28. The van der Waals surface area contributed by atoms with Crippen LogP contribution in [0.5, 0.6) is 0 Å². The Morgan fingerprint density at radius 3 is 2.57 bits per heavy atom. The molecule has 21 heavy (non-hydrogen) atoms. The highest BCUT2D eigenvalue weighted by molar-refractivity contribution is 5.57. The monoisotopic (exact) mass is 289 g/mol. The smallest absolute Gasteiger partial charge is 0.134 e. The maximum Gasteiger partial charge on any atom is 0.134 e. The van der Waals surface area contributed by atoms with E-state index in [4.69, 9.17) is 4.42 Å². The van der Waals surface area contributed by atoms with E-state index in [9.17, 15) is 9.50 Å². The third-order valence-corrected chi connectivity index (χ3v) is 4.53. The maximum atomic E-state index is 12.9. The molecule has 1 fully saturated rings. The molecule has 0 spiro atoms. The van der Waals surface area contributed by atoms with Gasteiger partial charge in [-0.3, -0.25) is 0 Å². The second-order valence-electron chi connectivity index (χ2n) is 6.28. The van der Waals surface area contributed by atoms with Crippen LogP contribution in [0.15, 0.2) is 40.8 Å². The van der Waals surface area contributed by atoms with Gasteiger partial charge in [0.25, 0.3) is 0 Å². The lowest BCUT2D eigenvalue weighted by Crippen LogP contribution is -2.59. The normalized spacial score (nSPS) is 23.8. The Kier molecular flexibility index (Phi) is 3.59. The van der Waals surface area contributed by atoms with E-state index in [0.717, 1.165) is 23.5 Å². The number of benzene rings is 1. The Hall–Kier alpha value is -1.65.